The number of carbonyl (C=O) groups is 1. The van der Waals surface area contributed by atoms with Crippen molar-refractivity contribution in [2.45, 2.75) is 19.5 Å². The summed E-state index contributed by atoms with van der Waals surface area (Å²) in [5, 5.41) is 11.8. The molecule has 0 spiro atoms. The minimum atomic E-state index is -0.416. The molecule has 0 saturated carbocycles. The molecule has 0 amide bonds. The van der Waals surface area contributed by atoms with Gasteiger partial charge < -0.3 is 19.6 Å². The molecule has 0 aliphatic carbocycles. The number of aliphatic hydroxyl groups is 1. The van der Waals surface area contributed by atoms with Gasteiger partial charge in [-0.2, -0.15) is 0 Å². The predicted octanol–water partition coefficient (Wildman–Crippen LogP) is 0.537. The van der Waals surface area contributed by atoms with Gasteiger partial charge in [0.2, 0.25) is 0 Å². The first-order valence-corrected chi connectivity index (χ1v) is 4.67. The van der Waals surface area contributed by atoms with Crippen LogP contribution in [0.2, 0.25) is 0 Å². The molecule has 1 atom stereocenters. The Hall–Kier alpha value is -1.33. The molecule has 0 fully saturated rings. The minimum Gasteiger partial charge on any atom is -0.467 e. The molecule has 1 aromatic rings. The standard InChI is InChI=1S/C10H15NO4/c1-7(5-12)11-4-9-3-8(6-15-9)10(13)14-2/h3,6-7,11-12H,4-5H2,1-2H3. The highest BCUT2D eigenvalue weighted by Crippen LogP contribution is 2.08. The molecule has 5 heteroatoms. The number of carbonyl (C=O) groups excluding carboxylic acids is 1. The Morgan fingerprint density at radius 2 is 2.47 bits per heavy atom. The molecule has 1 aromatic heterocycles. The summed E-state index contributed by atoms with van der Waals surface area (Å²) in [6.07, 6.45) is 1.35. The molecule has 5 nitrogen and oxygen atoms in total. The van der Waals surface area contributed by atoms with Crippen LogP contribution in [0.3, 0.4) is 0 Å². The van der Waals surface area contributed by atoms with Gasteiger partial charge in [0.05, 0.1) is 25.8 Å². The zero-order valence-electron chi connectivity index (χ0n) is 8.82. The smallest absolute Gasteiger partial charge is 0.341 e. The van der Waals surface area contributed by atoms with E-state index in [1.807, 2.05) is 6.92 Å². The molecule has 2 N–H and O–H groups in total. The van der Waals surface area contributed by atoms with Crippen molar-refractivity contribution in [3.05, 3.63) is 23.7 Å². The van der Waals surface area contributed by atoms with Gasteiger partial charge in [-0.1, -0.05) is 0 Å². The van der Waals surface area contributed by atoms with Crippen molar-refractivity contribution in [2.24, 2.45) is 0 Å². The number of hydrogen-bond acceptors (Lipinski definition) is 5. The van der Waals surface area contributed by atoms with E-state index in [0.717, 1.165) is 0 Å². The maximum absolute atomic E-state index is 11.1. The van der Waals surface area contributed by atoms with Crippen LogP contribution in [0.5, 0.6) is 0 Å². The Morgan fingerprint density at radius 3 is 3.07 bits per heavy atom. The minimum absolute atomic E-state index is 0.00308. The van der Waals surface area contributed by atoms with E-state index in [4.69, 9.17) is 9.52 Å². The van der Waals surface area contributed by atoms with Crippen molar-refractivity contribution in [2.75, 3.05) is 13.7 Å². The molecular weight excluding hydrogens is 198 g/mol. The van der Waals surface area contributed by atoms with Crippen LogP contribution in [0.4, 0.5) is 0 Å². The van der Waals surface area contributed by atoms with E-state index in [-0.39, 0.29) is 12.6 Å². The quantitative estimate of drug-likeness (QED) is 0.698. The average Bonchev–Trinajstić information content (AvgIpc) is 2.73. The third-order valence-corrected chi connectivity index (χ3v) is 1.97. The summed E-state index contributed by atoms with van der Waals surface area (Å²) >= 11 is 0. The van der Waals surface area contributed by atoms with Gasteiger partial charge in [0.15, 0.2) is 0 Å². The summed E-state index contributed by atoms with van der Waals surface area (Å²) in [7, 11) is 1.32. The lowest BCUT2D eigenvalue weighted by Crippen LogP contribution is -2.28. The molecule has 0 saturated heterocycles. The summed E-state index contributed by atoms with van der Waals surface area (Å²) in [5.41, 5.74) is 0.394. The largest absolute Gasteiger partial charge is 0.467 e. The lowest BCUT2D eigenvalue weighted by Gasteiger charge is -2.07. The van der Waals surface area contributed by atoms with Crippen molar-refractivity contribution < 1.29 is 19.1 Å². The molecule has 1 unspecified atom stereocenters. The van der Waals surface area contributed by atoms with Gasteiger partial charge in [0.25, 0.3) is 0 Å². The monoisotopic (exact) mass is 213 g/mol. The van der Waals surface area contributed by atoms with Crippen LogP contribution in [0.15, 0.2) is 16.7 Å². The average molecular weight is 213 g/mol. The number of nitrogens with one attached hydrogen (secondary N) is 1. The Morgan fingerprint density at radius 1 is 1.73 bits per heavy atom. The SMILES string of the molecule is COC(=O)c1coc(CNC(C)CO)c1. The van der Waals surface area contributed by atoms with Gasteiger partial charge >= 0.3 is 5.97 Å². The maximum Gasteiger partial charge on any atom is 0.341 e. The Balaban J connectivity index is 2.49. The van der Waals surface area contributed by atoms with E-state index >= 15 is 0 Å². The number of furan rings is 1. The number of ether oxygens (including phenoxy) is 1. The van der Waals surface area contributed by atoms with Crippen LogP contribution in [-0.4, -0.2) is 30.8 Å². The summed E-state index contributed by atoms with van der Waals surface area (Å²) in [6, 6.07) is 1.61. The van der Waals surface area contributed by atoms with Gasteiger partial charge in [-0.3, -0.25) is 0 Å². The third kappa shape index (κ3) is 3.38. The Labute approximate surface area is 88.0 Å². The fourth-order valence-corrected chi connectivity index (χ4v) is 1.04. The lowest BCUT2D eigenvalue weighted by atomic mass is 10.3. The van der Waals surface area contributed by atoms with E-state index < -0.39 is 5.97 Å². The number of rotatable bonds is 5. The fraction of sp³-hybridized carbons (Fsp3) is 0.500. The van der Waals surface area contributed by atoms with Crippen LogP contribution in [0, 0.1) is 0 Å². The van der Waals surface area contributed by atoms with Crippen molar-refractivity contribution in [3.8, 4) is 0 Å². The van der Waals surface area contributed by atoms with Crippen molar-refractivity contribution in [1.29, 1.82) is 0 Å². The fourth-order valence-electron chi connectivity index (χ4n) is 1.04. The molecule has 1 rings (SSSR count). The highest BCUT2D eigenvalue weighted by atomic mass is 16.5. The van der Waals surface area contributed by atoms with Crippen LogP contribution in [0.25, 0.3) is 0 Å². The number of methoxy groups -OCH3 is 1. The van der Waals surface area contributed by atoms with Gasteiger partial charge in [-0.25, -0.2) is 4.79 Å². The van der Waals surface area contributed by atoms with Gasteiger partial charge in [0, 0.05) is 6.04 Å². The first-order valence-electron chi connectivity index (χ1n) is 4.67. The molecule has 0 aliphatic rings. The first kappa shape index (κ1) is 11.7. The molecule has 1 heterocycles. The van der Waals surface area contributed by atoms with Crippen LogP contribution >= 0.6 is 0 Å². The lowest BCUT2D eigenvalue weighted by molar-refractivity contribution is 0.0600. The second-order valence-electron chi connectivity index (χ2n) is 3.26. The van der Waals surface area contributed by atoms with E-state index in [1.165, 1.54) is 13.4 Å². The highest BCUT2D eigenvalue weighted by molar-refractivity contribution is 5.88. The molecule has 15 heavy (non-hydrogen) atoms. The van der Waals surface area contributed by atoms with Gasteiger partial charge in [-0.15, -0.1) is 0 Å². The molecule has 0 radical (unpaired) electrons. The van der Waals surface area contributed by atoms with E-state index in [9.17, 15) is 4.79 Å². The number of esters is 1. The summed E-state index contributed by atoms with van der Waals surface area (Å²) in [5.74, 6) is 0.218. The first-order chi connectivity index (χ1) is 7.17. The third-order valence-electron chi connectivity index (χ3n) is 1.97. The second kappa shape index (κ2) is 5.53. The van der Waals surface area contributed by atoms with E-state index in [0.29, 0.717) is 17.9 Å². The maximum atomic E-state index is 11.1. The van der Waals surface area contributed by atoms with Gasteiger partial charge in [0.1, 0.15) is 12.0 Å². The second-order valence-corrected chi connectivity index (χ2v) is 3.26. The summed E-state index contributed by atoms with van der Waals surface area (Å²) in [6.45, 7) is 2.38. The Bertz CT molecular complexity index is 321. The zero-order chi connectivity index (χ0) is 11.3. The van der Waals surface area contributed by atoms with Crippen LogP contribution in [-0.2, 0) is 11.3 Å². The van der Waals surface area contributed by atoms with Crippen molar-refractivity contribution in [3.63, 3.8) is 0 Å². The number of aliphatic hydroxyl groups excluding tert-OH is 1. The van der Waals surface area contributed by atoms with Crippen molar-refractivity contribution >= 4 is 5.97 Å². The number of hydrogen-bond donors (Lipinski definition) is 2. The molecular formula is C10H15NO4. The summed E-state index contributed by atoms with van der Waals surface area (Å²) < 4.78 is 9.67. The van der Waals surface area contributed by atoms with Crippen LogP contribution < -0.4 is 5.32 Å². The molecule has 0 bridgehead atoms. The normalized spacial score (nSPS) is 12.5. The van der Waals surface area contributed by atoms with E-state index in [1.54, 1.807) is 6.07 Å². The van der Waals surface area contributed by atoms with Crippen molar-refractivity contribution in [1.82, 2.24) is 5.32 Å². The topological polar surface area (TPSA) is 71.7 Å². The molecule has 0 aromatic carbocycles. The predicted molar refractivity (Wildman–Crippen MR) is 53.4 cm³/mol. The molecule has 0 aliphatic heterocycles. The molecule has 84 valence electrons. The van der Waals surface area contributed by atoms with E-state index in [2.05, 4.69) is 10.1 Å². The zero-order valence-corrected chi connectivity index (χ0v) is 8.82. The summed E-state index contributed by atoms with van der Waals surface area (Å²) in [4.78, 5) is 11.1. The van der Waals surface area contributed by atoms with Gasteiger partial charge in [-0.05, 0) is 13.0 Å². The van der Waals surface area contributed by atoms with Crippen LogP contribution in [0.1, 0.15) is 23.0 Å². The Kier molecular flexibility index (Phi) is 4.33. The highest BCUT2D eigenvalue weighted by Gasteiger charge is 2.10.